The van der Waals surface area contributed by atoms with Gasteiger partial charge in [-0.1, -0.05) is 44.2 Å². The van der Waals surface area contributed by atoms with Crippen LogP contribution in [0.5, 0.6) is 11.5 Å². The number of phenolic OH excluding ortho intramolecular Hbond substituents is 2. The SMILES string of the molecule is CCc1ccc(-c2cccc(O)c2O)c(CC)c1. The first-order valence-electron chi connectivity index (χ1n) is 6.30. The Morgan fingerprint density at radius 3 is 2.33 bits per heavy atom. The molecule has 0 saturated heterocycles. The van der Waals surface area contributed by atoms with Gasteiger partial charge in [0.2, 0.25) is 0 Å². The third-order valence-electron chi connectivity index (χ3n) is 3.26. The average molecular weight is 242 g/mol. The summed E-state index contributed by atoms with van der Waals surface area (Å²) in [6, 6.07) is 11.3. The molecule has 0 aliphatic rings. The third kappa shape index (κ3) is 2.19. The molecule has 0 saturated carbocycles. The predicted molar refractivity (Wildman–Crippen MR) is 74.0 cm³/mol. The van der Waals surface area contributed by atoms with E-state index in [1.54, 1.807) is 6.07 Å². The summed E-state index contributed by atoms with van der Waals surface area (Å²) in [5.41, 5.74) is 4.16. The molecule has 0 atom stereocenters. The molecule has 0 unspecified atom stereocenters. The van der Waals surface area contributed by atoms with Crippen LogP contribution in [0.2, 0.25) is 0 Å². The van der Waals surface area contributed by atoms with Crippen molar-refractivity contribution in [3.8, 4) is 22.6 Å². The van der Waals surface area contributed by atoms with E-state index in [0.717, 1.165) is 18.4 Å². The molecular formula is C16H18O2. The molecule has 0 aromatic heterocycles. The first-order chi connectivity index (χ1) is 8.67. The van der Waals surface area contributed by atoms with Crippen molar-refractivity contribution >= 4 is 0 Å². The molecule has 2 heteroatoms. The summed E-state index contributed by atoms with van der Waals surface area (Å²) >= 11 is 0. The van der Waals surface area contributed by atoms with E-state index >= 15 is 0 Å². The fraction of sp³-hybridized carbons (Fsp3) is 0.250. The molecule has 0 radical (unpaired) electrons. The number of aryl methyl sites for hydroxylation is 2. The van der Waals surface area contributed by atoms with E-state index in [-0.39, 0.29) is 11.5 Å². The van der Waals surface area contributed by atoms with Crippen LogP contribution in [0.4, 0.5) is 0 Å². The molecule has 94 valence electrons. The van der Waals surface area contributed by atoms with Gasteiger partial charge in [0.1, 0.15) is 0 Å². The monoisotopic (exact) mass is 242 g/mol. The highest BCUT2D eigenvalue weighted by Gasteiger charge is 2.11. The van der Waals surface area contributed by atoms with Crippen LogP contribution in [0.25, 0.3) is 11.1 Å². The van der Waals surface area contributed by atoms with Crippen molar-refractivity contribution in [2.24, 2.45) is 0 Å². The van der Waals surface area contributed by atoms with Crippen LogP contribution in [0.15, 0.2) is 36.4 Å². The quantitative estimate of drug-likeness (QED) is 0.802. The molecule has 2 aromatic rings. The van der Waals surface area contributed by atoms with Crippen LogP contribution >= 0.6 is 0 Å². The molecule has 18 heavy (non-hydrogen) atoms. The zero-order valence-electron chi connectivity index (χ0n) is 10.8. The largest absolute Gasteiger partial charge is 0.504 e. The maximum atomic E-state index is 9.95. The Bertz CT molecular complexity index is 559. The van der Waals surface area contributed by atoms with Gasteiger partial charge in [-0.2, -0.15) is 0 Å². The van der Waals surface area contributed by atoms with Gasteiger partial charge in [-0.3, -0.25) is 0 Å². The van der Waals surface area contributed by atoms with E-state index in [9.17, 15) is 10.2 Å². The van der Waals surface area contributed by atoms with E-state index in [1.807, 2.05) is 12.1 Å². The van der Waals surface area contributed by atoms with Crippen LogP contribution in [-0.4, -0.2) is 10.2 Å². The highest BCUT2D eigenvalue weighted by molar-refractivity contribution is 5.75. The first-order valence-corrected chi connectivity index (χ1v) is 6.30. The van der Waals surface area contributed by atoms with Gasteiger partial charge in [0.05, 0.1) is 0 Å². The molecule has 2 rings (SSSR count). The smallest absolute Gasteiger partial charge is 0.165 e. The molecule has 0 aliphatic heterocycles. The standard InChI is InChI=1S/C16H18O2/c1-3-11-8-9-13(12(4-2)10-11)14-6-5-7-15(17)16(14)18/h5-10,17-18H,3-4H2,1-2H3. The Morgan fingerprint density at radius 2 is 1.67 bits per heavy atom. The van der Waals surface area contributed by atoms with E-state index in [1.165, 1.54) is 17.2 Å². The normalized spacial score (nSPS) is 10.6. The number of benzene rings is 2. The van der Waals surface area contributed by atoms with E-state index < -0.39 is 0 Å². The molecular weight excluding hydrogens is 224 g/mol. The predicted octanol–water partition coefficient (Wildman–Crippen LogP) is 3.89. The number of rotatable bonds is 3. The summed E-state index contributed by atoms with van der Waals surface area (Å²) in [7, 11) is 0. The maximum absolute atomic E-state index is 9.95. The van der Waals surface area contributed by atoms with Crippen LogP contribution in [0, 0.1) is 0 Å². The van der Waals surface area contributed by atoms with Crippen molar-refractivity contribution in [1.82, 2.24) is 0 Å². The summed E-state index contributed by atoms with van der Waals surface area (Å²) in [5.74, 6) is -0.120. The molecule has 0 fully saturated rings. The molecule has 2 aromatic carbocycles. The molecule has 2 nitrogen and oxygen atoms in total. The van der Waals surface area contributed by atoms with Crippen molar-refractivity contribution in [3.63, 3.8) is 0 Å². The zero-order chi connectivity index (χ0) is 13.1. The van der Waals surface area contributed by atoms with Crippen molar-refractivity contribution < 1.29 is 10.2 Å². The fourth-order valence-electron chi connectivity index (χ4n) is 2.17. The molecule has 0 aliphatic carbocycles. The zero-order valence-corrected chi connectivity index (χ0v) is 10.8. The molecule has 0 heterocycles. The maximum Gasteiger partial charge on any atom is 0.165 e. The molecule has 0 amide bonds. The Balaban J connectivity index is 2.60. The summed E-state index contributed by atoms with van der Waals surface area (Å²) in [6.07, 6.45) is 1.90. The Hall–Kier alpha value is -1.96. The van der Waals surface area contributed by atoms with Gasteiger partial charge in [-0.25, -0.2) is 0 Å². The average Bonchev–Trinajstić information content (AvgIpc) is 2.41. The number of para-hydroxylation sites is 1. The lowest BCUT2D eigenvalue weighted by Crippen LogP contribution is -1.91. The minimum absolute atomic E-state index is 0.0450. The van der Waals surface area contributed by atoms with Gasteiger partial charge in [-0.05, 0) is 35.6 Å². The third-order valence-corrected chi connectivity index (χ3v) is 3.26. The topological polar surface area (TPSA) is 40.5 Å². The summed E-state index contributed by atoms with van der Waals surface area (Å²) in [4.78, 5) is 0. The number of hydrogen-bond donors (Lipinski definition) is 2. The van der Waals surface area contributed by atoms with Crippen LogP contribution in [0.1, 0.15) is 25.0 Å². The Kier molecular flexibility index (Phi) is 3.56. The van der Waals surface area contributed by atoms with Crippen molar-refractivity contribution in [2.75, 3.05) is 0 Å². The second-order valence-corrected chi connectivity index (χ2v) is 4.37. The van der Waals surface area contributed by atoms with E-state index in [0.29, 0.717) is 5.56 Å². The van der Waals surface area contributed by atoms with Crippen LogP contribution in [-0.2, 0) is 12.8 Å². The van der Waals surface area contributed by atoms with Crippen molar-refractivity contribution in [1.29, 1.82) is 0 Å². The summed E-state index contributed by atoms with van der Waals surface area (Å²) < 4.78 is 0. The van der Waals surface area contributed by atoms with E-state index in [4.69, 9.17) is 0 Å². The second kappa shape index (κ2) is 5.13. The number of hydrogen-bond acceptors (Lipinski definition) is 2. The van der Waals surface area contributed by atoms with E-state index in [2.05, 4.69) is 26.0 Å². The van der Waals surface area contributed by atoms with Crippen molar-refractivity contribution in [2.45, 2.75) is 26.7 Å². The van der Waals surface area contributed by atoms with Gasteiger partial charge >= 0.3 is 0 Å². The lowest BCUT2D eigenvalue weighted by Gasteiger charge is -2.12. The second-order valence-electron chi connectivity index (χ2n) is 4.37. The molecule has 0 bridgehead atoms. The van der Waals surface area contributed by atoms with Gasteiger partial charge in [0.15, 0.2) is 11.5 Å². The first kappa shape index (κ1) is 12.5. The van der Waals surface area contributed by atoms with Gasteiger partial charge in [0.25, 0.3) is 0 Å². The minimum atomic E-state index is -0.0749. The fourth-order valence-corrected chi connectivity index (χ4v) is 2.17. The summed E-state index contributed by atoms with van der Waals surface area (Å²) in [6.45, 7) is 4.22. The van der Waals surface area contributed by atoms with Gasteiger partial charge in [0, 0.05) is 5.56 Å². The Labute approximate surface area is 108 Å². The van der Waals surface area contributed by atoms with Crippen molar-refractivity contribution in [3.05, 3.63) is 47.5 Å². The number of aromatic hydroxyl groups is 2. The Morgan fingerprint density at radius 1 is 0.889 bits per heavy atom. The number of phenols is 2. The lowest BCUT2D eigenvalue weighted by atomic mass is 9.94. The molecule has 2 N–H and O–H groups in total. The highest BCUT2D eigenvalue weighted by atomic mass is 16.3. The van der Waals surface area contributed by atoms with Gasteiger partial charge in [-0.15, -0.1) is 0 Å². The van der Waals surface area contributed by atoms with Crippen LogP contribution in [0.3, 0.4) is 0 Å². The lowest BCUT2D eigenvalue weighted by molar-refractivity contribution is 0.405. The van der Waals surface area contributed by atoms with Gasteiger partial charge < -0.3 is 10.2 Å². The summed E-state index contributed by atoms with van der Waals surface area (Å²) in [5, 5.41) is 19.5. The molecule has 0 spiro atoms. The highest BCUT2D eigenvalue weighted by Crippen LogP contribution is 2.38. The van der Waals surface area contributed by atoms with Crippen LogP contribution < -0.4 is 0 Å². The minimum Gasteiger partial charge on any atom is -0.504 e.